The van der Waals surface area contributed by atoms with Crippen molar-refractivity contribution in [3.8, 4) is 0 Å². The van der Waals surface area contributed by atoms with Crippen molar-refractivity contribution in [1.29, 1.82) is 0 Å². The van der Waals surface area contributed by atoms with Gasteiger partial charge in [-0.05, 0) is 37.4 Å². The fourth-order valence-electron chi connectivity index (χ4n) is 2.71. The van der Waals surface area contributed by atoms with Crippen molar-refractivity contribution in [2.75, 3.05) is 25.0 Å². The van der Waals surface area contributed by atoms with E-state index >= 15 is 0 Å². The number of aliphatic hydroxyl groups is 1. The van der Waals surface area contributed by atoms with Crippen molar-refractivity contribution >= 4 is 5.82 Å². The summed E-state index contributed by atoms with van der Waals surface area (Å²) >= 11 is 0. The topological polar surface area (TPSA) is 48.4 Å². The normalized spacial score (nSPS) is 23.7. The molecular weight excluding hydrogens is 238 g/mol. The Morgan fingerprint density at radius 1 is 1.47 bits per heavy atom. The van der Waals surface area contributed by atoms with E-state index in [1.165, 1.54) is 6.42 Å². The molecule has 2 heterocycles. The maximum Gasteiger partial charge on any atom is 0.126 e. The van der Waals surface area contributed by atoms with E-state index in [1.54, 1.807) is 0 Å². The Labute approximate surface area is 115 Å². The summed E-state index contributed by atoms with van der Waals surface area (Å²) < 4.78 is 0. The highest BCUT2D eigenvalue weighted by atomic mass is 16.3. The van der Waals surface area contributed by atoms with E-state index in [0.717, 1.165) is 37.6 Å². The molecule has 4 heteroatoms. The van der Waals surface area contributed by atoms with Crippen LogP contribution in [0.3, 0.4) is 0 Å². The highest BCUT2D eigenvalue weighted by molar-refractivity contribution is 5.35. The Bertz CT molecular complexity index is 397. The monoisotopic (exact) mass is 263 g/mol. The van der Waals surface area contributed by atoms with Gasteiger partial charge in [0.25, 0.3) is 0 Å². The lowest BCUT2D eigenvalue weighted by Gasteiger charge is -2.24. The summed E-state index contributed by atoms with van der Waals surface area (Å²) in [4.78, 5) is 6.98. The molecule has 0 aromatic carbocycles. The predicted molar refractivity (Wildman–Crippen MR) is 78.1 cm³/mol. The van der Waals surface area contributed by atoms with Gasteiger partial charge in [-0.1, -0.05) is 19.9 Å². The van der Waals surface area contributed by atoms with Gasteiger partial charge in [0.1, 0.15) is 5.82 Å². The minimum absolute atomic E-state index is 0.245. The molecule has 0 amide bonds. The zero-order chi connectivity index (χ0) is 13.7. The number of anilines is 1. The van der Waals surface area contributed by atoms with Gasteiger partial charge in [-0.15, -0.1) is 0 Å². The van der Waals surface area contributed by atoms with Crippen LogP contribution in [0.15, 0.2) is 18.2 Å². The van der Waals surface area contributed by atoms with Crippen molar-refractivity contribution in [1.82, 2.24) is 9.88 Å². The smallest absolute Gasteiger partial charge is 0.126 e. The maximum absolute atomic E-state index is 9.48. The van der Waals surface area contributed by atoms with Crippen molar-refractivity contribution < 1.29 is 5.11 Å². The molecule has 1 aliphatic heterocycles. The Hall–Kier alpha value is -1.13. The molecule has 0 bridgehead atoms. The molecule has 0 radical (unpaired) electrons. The van der Waals surface area contributed by atoms with Crippen molar-refractivity contribution in [3.05, 3.63) is 23.9 Å². The van der Waals surface area contributed by atoms with Crippen LogP contribution in [0.5, 0.6) is 0 Å². The van der Waals surface area contributed by atoms with E-state index < -0.39 is 0 Å². The number of hydrogen-bond donors (Lipinski definition) is 2. The molecule has 1 aromatic rings. The second kappa shape index (κ2) is 6.87. The van der Waals surface area contributed by atoms with E-state index in [2.05, 4.69) is 35.1 Å². The third kappa shape index (κ3) is 3.67. The van der Waals surface area contributed by atoms with Crippen LogP contribution in [-0.4, -0.2) is 40.7 Å². The number of likely N-dealkylation sites (tertiary alicyclic amines) is 1. The number of nitrogens with zero attached hydrogens (tertiary/aromatic N) is 2. The predicted octanol–water partition coefficient (Wildman–Crippen LogP) is 2.11. The minimum atomic E-state index is 0.245. The summed E-state index contributed by atoms with van der Waals surface area (Å²) in [5.41, 5.74) is 1.08. The first kappa shape index (κ1) is 14.3. The Kier molecular flexibility index (Phi) is 5.16. The summed E-state index contributed by atoms with van der Waals surface area (Å²) in [6.07, 6.45) is 2.27. The first-order valence-corrected chi connectivity index (χ1v) is 7.29. The molecule has 2 rings (SSSR count). The van der Waals surface area contributed by atoms with Crippen LogP contribution in [0.25, 0.3) is 0 Å². The third-order valence-corrected chi connectivity index (χ3v) is 3.91. The van der Waals surface area contributed by atoms with E-state index in [0.29, 0.717) is 5.92 Å². The number of nitrogens with one attached hydrogen (secondary N) is 1. The van der Waals surface area contributed by atoms with Gasteiger partial charge >= 0.3 is 0 Å². The molecule has 0 spiro atoms. The van der Waals surface area contributed by atoms with Gasteiger partial charge in [0.2, 0.25) is 0 Å². The summed E-state index contributed by atoms with van der Waals surface area (Å²) in [6.45, 7) is 7.45. The molecule has 1 saturated heterocycles. The van der Waals surface area contributed by atoms with Crippen LogP contribution in [0.1, 0.15) is 32.4 Å². The zero-order valence-corrected chi connectivity index (χ0v) is 12.0. The van der Waals surface area contributed by atoms with Crippen LogP contribution in [-0.2, 0) is 6.54 Å². The molecule has 2 unspecified atom stereocenters. The summed E-state index contributed by atoms with van der Waals surface area (Å²) in [5.74, 6) is 1.53. The Morgan fingerprint density at radius 3 is 3.05 bits per heavy atom. The fourth-order valence-corrected chi connectivity index (χ4v) is 2.71. The second-order valence-corrected chi connectivity index (χ2v) is 5.43. The van der Waals surface area contributed by atoms with E-state index in [1.807, 2.05) is 12.1 Å². The van der Waals surface area contributed by atoms with Gasteiger partial charge in [0.05, 0.1) is 12.3 Å². The van der Waals surface area contributed by atoms with Gasteiger partial charge < -0.3 is 10.4 Å². The molecule has 106 valence electrons. The van der Waals surface area contributed by atoms with Crippen molar-refractivity contribution in [3.63, 3.8) is 0 Å². The lowest BCUT2D eigenvalue weighted by molar-refractivity contribution is 0.133. The lowest BCUT2D eigenvalue weighted by atomic mass is 10.0. The minimum Gasteiger partial charge on any atom is -0.395 e. The SMILES string of the molecule is CCCNc1cccc(CN2CCC(C)C2CO)n1. The molecule has 1 aromatic heterocycles. The van der Waals surface area contributed by atoms with Crippen LogP contribution in [0, 0.1) is 5.92 Å². The second-order valence-electron chi connectivity index (χ2n) is 5.43. The number of rotatable bonds is 6. The molecule has 4 nitrogen and oxygen atoms in total. The van der Waals surface area contributed by atoms with Gasteiger partial charge in [-0.25, -0.2) is 4.98 Å². The number of aliphatic hydroxyl groups excluding tert-OH is 1. The van der Waals surface area contributed by atoms with Crippen molar-refractivity contribution in [2.45, 2.75) is 39.3 Å². The number of pyridine rings is 1. The van der Waals surface area contributed by atoms with Crippen LogP contribution in [0.4, 0.5) is 5.82 Å². The number of aromatic nitrogens is 1. The summed E-state index contributed by atoms with van der Waals surface area (Å²) in [7, 11) is 0. The van der Waals surface area contributed by atoms with E-state index in [4.69, 9.17) is 0 Å². The largest absolute Gasteiger partial charge is 0.395 e. The summed E-state index contributed by atoms with van der Waals surface area (Å²) in [6, 6.07) is 6.41. The molecule has 2 N–H and O–H groups in total. The molecule has 1 fully saturated rings. The molecule has 1 aliphatic rings. The maximum atomic E-state index is 9.48. The quantitative estimate of drug-likeness (QED) is 0.825. The summed E-state index contributed by atoms with van der Waals surface area (Å²) in [5, 5.41) is 12.8. The van der Waals surface area contributed by atoms with Gasteiger partial charge in [-0.2, -0.15) is 0 Å². The molecule has 0 aliphatic carbocycles. The third-order valence-electron chi connectivity index (χ3n) is 3.91. The standard InChI is InChI=1S/C15H25N3O/c1-3-8-16-15-6-4-5-13(17-15)10-18-9-7-12(2)14(18)11-19/h4-6,12,14,19H,3,7-11H2,1-2H3,(H,16,17). The Morgan fingerprint density at radius 2 is 2.32 bits per heavy atom. The van der Waals surface area contributed by atoms with Crippen molar-refractivity contribution in [2.24, 2.45) is 5.92 Å². The number of hydrogen-bond acceptors (Lipinski definition) is 4. The average molecular weight is 263 g/mol. The van der Waals surface area contributed by atoms with E-state index in [9.17, 15) is 5.11 Å². The molecule has 2 atom stereocenters. The van der Waals surface area contributed by atoms with Crippen LogP contribution >= 0.6 is 0 Å². The lowest BCUT2D eigenvalue weighted by Crippen LogP contribution is -2.34. The fraction of sp³-hybridized carbons (Fsp3) is 0.667. The van der Waals surface area contributed by atoms with E-state index in [-0.39, 0.29) is 12.6 Å². The zero-order valence-electron chi connectivity index (χ0n) is 12.0. The average Bonchev–Trinajstić information content (AvgIpc) is 2.77. The van der Waals surface area contributed by atoms with Crippen LogP contribution < -0.4 is 5.32 Å². The van der Waals surface area contributed by atoms with Gasteiger partial charge in [-0.3, -0.25) is 4.90 Å². The van der Waals surface area contributed by atoms with Crippen LogP contribution in [0.2, 0.25) is 0 Å². The first-order chi connectivity index (χ1) is 9.24. The van der Waals surface area contributed by atoms with Gasteiger partial charge in [0, 0.05) is 19.1 Å². The molecular formula is C15H25N3O. The van der Waals surface area contributed by atoms with Gasteiger partial charge in [0.15, 0.2) is 0 Å². The molecule has 19 heavy (non-hydrogen) atoms. The first-order valence-electron chi connectivity index (χ1n) is 7.29. The Balaban J connectivity index is 1.98. The highest BCUT2D eigenvalue weighted by Crippen LogP contribution is 2.25. The highest BCUT2D eigenvalue weighted by Gasteiger charge is 2.30. The molecule has 0 saturated carbocycles.